The van der Waals surface area contributed by atoms with Crippen LogP contribution in [0.5, 0.6) is 0 Å². The predicted octanol–water partition coefficient (Wildman–Crippen LogP) is 1.31. The van der Waals surface area contributed by atoms with Gasteiger partial charge in [-0.25, -0.2) is 4.79 Å². The van der Waals surface area contributed by atoms with E-state index < -0.39 is 5.97 Å². The lowest BCUT2D eigenvalue weighted by Crippen LogP contribution is -2.25. The lowest BCUT2D eigenvalue weighted by molar-refractivity contribution is 0.0696. The number of carboxylic acid groups (broad SMARTS) is 1. The molecule has 1 aromatic rings. The molecule has 2 N–H and O–H groups in total. The molecule has 0 aliphatic rings. The van der Waals surface area contributed by atoms with E-state index in [9.17, 15) is 9.59 Å². The summed E-state index contributed by atoms with van der Waals surface area (Å²) in [5.41, 5.74) is 0.845. The van der Waals surface area contributed by atoms with Gasteiger partial charge in [-0.1, -0.05) is 6.92 Å². The van der Waals surface area contributed by atoms with Crippen molar-refractivity contribution in [3.05, 3.63) is 27.7 Å². The first-order valence-corrected chi connectivity index (χ1v) is 5.18. The maximum absolute atomic E-state index is 11.7. The van der Waals surface area contributed by atoms with E-state index in [0.717, 1.165) is 6.42 Å². The van der Waals surface area contributed by atoms with Gasteiger partial charge in [0.15, 0.2) is 0 Å². The molecule has 0 aromatic carbocycles. The molecule has 0 fully saturated rings. The van der Waals surface area contributed by atoms with Crippen LogP contribution in [0.25, 0.3) is 0 Å². The molecule has 0 unspecified atom stereocenters. The molecular weight excluding hydrogens is 208 g/mol. The monoisotopic (exact) mass is 224 g/mol. The van der Waals surface area contributed by atoms with E-state index in [1.165, 1.54) is 10.6 Å². The number of nitrogens with zero attached hydrogens (tertiary/aromatic N) is 1. The summed E-state index contributed by atoms with van der Waals surface area (Å²) in [5, 5.41) is 11.8. The molecule has 0 radical (unpaired) electrons. The standard InChI is InChI=1S/C11H16N2O3/c1-4-5-13-7(2)10(11(15)16)8(12-3)6-9(13)14/h6,12H,4-5H2,1-3H3,(H,15,16). The average Bonchev–Trinajstić information content (AvgIpc) is 2.22. The fourth-order valence-electron chi connectivity index (χ4n) is 1.74. The zero-order valence-electron chi connectivity index (χ0n) is 9.70. The summed E-state index contributed by atoms with van der Waals surface area (Å²) in [6, 6.07) is 1.33. The van der Waals surface area contributed by atoms with Gasteiger partial charge in [0.05, 0.1) is 5.69 Å². The number of hydrogen-bond donors (Lipinski definition) is 2. The second kappa shape index (κ2) is 4.83. The van der Waals surface area contributed by atoms with Crippen LogP contribution in [-0.4, -0.2) is 22.7 Å². The molecule has 1 heterocycles. The highest BCUT2D eigenvalue weighted by Crippen LogP contribution is 2.17. The van der Waals surface area contributed by atoms with Crippen molar-refractivity contribution in [2.24, 2.45) is 0 Å². The largest absolute Gasteiger partial charge is 0.478 e. The minimum atomic E-state index is -1.02. The van der Waals surface area contributed by atoms with Crippen molar-refractivity contribution in [3.63, 3.8) is 0 Å². The molecule has 88 valence electrons. The van der Waals surface area contributed by atoms with Gasteiger partial charge >= 0.3 is 5.97 Å². The maximum Gasteiger partial charge on any atom is 0.339 e. The molecule has 1 rings (SSSR count). The Kier molecular flexibility index (Phi) is 3.71. The van der Waals surface area contributed by atoms with Crippen LogP contribution in [0.15, 0.2) is 10.9 Å². The van der Waals surface area contributed by atoms with Crippen LogP contribution >= 0.6 is 0 Å². The molecule has 0 spiro atoms. The molecule has 16 heavy (non-hydrogen) atoms. The highest BCUT2D eigenvalue weighted by molar-refractivity contribution is 5.95. The Morgan fingerprint density at radius 2 is 2.19 bits per heavy atom. The van der Waals surface area contributed by atoms with Crippen LogP contribution in [0.1, 0.15) is 29.4 Å². The van der Waals surface area contributed by atoms with E-state index in [0.29, 0.717) is 17.9 Å². The maximum atomic E-state index is 11.7. The molecular formula is C11H16N2O3. The van der Waals surface area contributed by atoms with Gasteiger partial charge in [-0.05, 0) is 13.3 Å². The Balaban J connectivity index is 3.51. The molecule has 0 saturated carbocycles. The fraction of sp³-hybridized carbons (Fsp3) is 0.455. The highest BCUT2D eigenvalue weighted by atomic mass is 16.4. The van der Waals surface area contributed by atoms with Crippen LogP contribution < -0.4 is 10.9 Å². The van der Waals surface area contributed by atoms with Crippen molar-refractivity contribution < 1.29 is 9.90 Å². The first-order chi connectivity index (χ1) is 7.52. The van der Waals surface area contributed by atoms with Crippen molar-refractivity contribution in [1.29, 1.82) is 0 Å². The van der Waals surface area contributed by atoms with Gasteiger partial charge in [0, 0.05) is 25.4 Å². The molecule has 0 bridgehead atoms. The average molecular weight is 224 g/mol. The van der Waals surface area contributed by atoms with Gasteiger partial charge in [-0.2, -0.15) is 0 Å². The Morgan fingerprint density at radius 1 is 1.56 bits per heavy atom. The number of pyridine rings is 1. The normalized spacial score (nSPS) is 10.2. The third-order valence-corrected chi connectivity index (χ3v) is 2.50. The van der Waals surface area contributed by atoms with E-state index in [-0.39, 0.29) is 11.1 Å². The molecule has 0 aliphatic heterocycles. The molecule has 1 aromatic heterocycles. The Labute approximate surface area is 93.7 Å². The topological polar surface area (TPSA) is 71.3 Å². The van der Waals surface area contributed by atoms with Crippen molar-refractivity contribution in [1.82, 2.24) is 4.57 Å². The number of rotatable bonds is 4. The minimum absolute atomic E-state index is 0.163. The SMILES string of the molecule is CCCn1c(C)c(C(=O)O)c(NC)cc1=O. The first-order valence-electron chi connectivity index (χ1n) is 5.18. The number of carbonyl (C=O) groups is 1. The van der Waals surface area contributed by atoms with E-state index in [4.69, 9.17) is 5.11 Å². The van der Waals surface area contributed by atoms with E-state index >= 15 is 0 Å². The van der Waals surface area contributed by atoms with E-state index in [2.05, 4.69) is 5.32 Å². The second-order valence-corrected chi connectivity index (χ2v) is 3.56. The molecule has 0 atom stereocenters. The van der Waals surface area contributed by atoms with Gasteiger partial charge in [-0.15, -0.1) is 0 Å². The smallest absolute Gasteiger partial charge is 0.339 e. The van der Waals surface area contributed by atoms with E-state index in [1.807, 2.05) is 6.92 Å². The van der Waals surface area contributed by atoms with Crippen LogP contribution in [0.4, 0.5) is 5.69 Å². The summed E-state index contributed by atoms with van der Waals surface area (Å²) in [4.78, 5) is 22.8. The summed E-state index contributed by atoms with van der Waals surface area (Å²) in [5.74, 6) is -1.02. The van der Waals surface area contributed by atoms with Crippen molar-refractivity contribution in [2.75, 3.05) is 12.4 Å². The predicted molar refractivity (Wildman–Crippen MR) is 62.2 cm³/mol. The lowest BCUT2D eigenvalue weighted by atomic mass is 10.1. The molecule has 0 saturated heterocycles. The summed E-state index contributed by atoms with van der Waals surface area (Å²) in [7, 11) is 1.60. The summed E-state index contributed by atoms with van der Waals surface area (Å²) in [6.07, 6.45) is 0.790. The highest BCUT2D eigenvalue weighted by Gasteiger charge is 2.16. The van der Waals surface area contributed by atoms with Gasteiger partial charge in [-0.3, -0.25) is 4.79 Å². The van der Waals surface area contributed by atoms with Gasteiger partial charge in [0.2, 0.25) is 0 Å². The van der Waals surface area contributed by atoms with Crippen LogP contribution in [0.3, 0.4) is 0 Å². The number of anilines is 1. The third-order valence-electron chi connectivity index (χ3n) is 2.50. The zero-order valence-corrected chi connectivity index (χ0v) is 9.70. The second-order valence-electron chi connectivity index (χ2n) is 3.56. The third kappa shape index (κ3) is 2.08. The first kappa shape index (κ1) is 12.3. The van der Waals surface area contributed by atoms with Crippen molar-refractivity contribution in [2.45, 2.75) is 26.8 Å². The van der Waals surface area contributed by atoms with Gasteiger partial charge < -0.3 is 15.0 Å². The summed E-state index contributed by atoms with van der Waals surface area (Å²) in [6.45, 7) is 4.13. The Bertz CT molecular complexity index is 463. The van der Waals surface area contributed by atoms with Crippen molar-refractivity contribution in [3.8, 4) is 0 Å². The molecule has 5 heteroatoms. The van der Waals surface area contributed by atoms with Gasteiger partial charge in [0.1, 0.15) is 5.56 Å². The Hall–Kier alpha value is -1.78. The number of nitrogens with one attached hydrogen (secondary N) is 1. The molecule has 5 nitrogen and oxygen atoms in total. The number of aromatic carboxylic acids is 1. The van der Waals surface area contributed by atoms with Gasteiger partial charge in [0.25, 0.3) is 5.56 Å². The fourth-order valence-corrected chi connectivity index (χ4v) is 1.74. The minimum Gasteiger partial charge on any atom is -0.478 e. The summed E-state index contributed by atoms with van der Waals surface area (Å²) >= 11 is 0. The molecule has 0 aliphatic carbocycles. The number of aromatic nitrogens is 1. The summed E-state index contributed by atoms with van der Waals surface area (Å²) < 4.78 is 1.49. The van der Waals surface area contributed by atoms with Crippen LogP contribution in [0.2, 0.25) is 0 Å². The zero-order chi connectivity index (χ0) is 12.3. The van der Waals surface area contributed by atoms with Crippen LogP contribution in [-0.2, 0) is 6.54 Å². The number of hydrogen-bond acceptors (Lipinski definition) is 3. The lowest BCUT2D eigenvalue weighted by Gasteiger charge is -2.14. The number of carboxylic acids is 1. The van der Waals surface area contributed by atoms with Crippen molar-refractivity contribution >= 4 is 11.7 Å². The van der Waals surface area contributed by atoms with E-state index in [1.54, 1.807) is 14.0 Å². The molecule has 0 amide bonds. The Morgan fingerprint density at radius 3 is 2.62 bits per heavy atom. The quantitative estimate of drug-likeness (QED) is 0.808. The van der Waals surface area contributed by atoms with Crippen LogP contribution in [0, 0.1) is 6.92 Å².